The van der Waals surface area contributed by atoms with Crippen LogP contribution in [0.1, 0.15) is 44.8 Å². The molecule has 0 radical (unpaired) electrons. The van der Waals surface area contributed by atoms with E-state index in [1.54, 1.807) is 24.3 Å². The molecule has 3 rings (SSSR count). The number of halogens is 1. The summed E-state index contributed by atoms with van der Waals surface area (Å²) in [5.74, 6) is -2.73. The van der Waals surface area contributed by atoms with E-state index in [2.05, 4.69) is 24.5 Å². The number of para-hydroxylation sites is 1. The van der Waals surface area contributed by atoms with Crippen LogP contribution in [0.15, 0.2) is 54.6 Å². The van der Waals surface area contributed by atoms with Crippen LogP contribution < -0.4 is 10.6 Å². The van der Waals surface area contributed by atoms with Gasteiger partial charge in [0, 0.05) is 12.2 Å². The van der Waals surface area contributed by atoms with E-state index in [0.29, 0.717) is 5.69 Å². The van der Waals surface area contributed by atoms with Crippen LogP contribution in [0.2, 0.25) is 0 Å². The first-order valence-corrected chi connectivity index (χ1v) is 11.6. The van der Waals surface area contributed by atoms with Gasteiger partial charge in [0.1, 0.15) is 11.9 Å². The number of rotatable bonds is 7. The van der Waals surface area contributed by atoms with Gasteiger partial charge in [-0.2, -0.15) is 5.26 Å². The van der Waals surface area contributed by atoms with E-state index < -0.39 is 42.2 Å². The van der Waals surface area contributed by atoms with Crippen molar-refractivity contribution in [2.24, 2.45) is 5.92 Å². The summed E-state index contributed by atoms with van der Waals surface area (Å²) >= 11 is 0. The highest BCUT2D eigenvalue weighted by molar-refractivity contribution is 5.94. The third-order valence-corrected chi connectivity index (χ3v) is 5.53. The van der Waals surface area contributed by atoms with Crippen molar-refractivity contribution in [3.8, 4) is 6.07 Å². The molecule has 35 heavy (non-hydrogen) atoms. The number of aliphatic hydroxyl groups is 1. The van der Waals surface area contributed by atoms with Gasteiger partial charge in [0.05, 0.1) is 18.5 Å². The molecule has 0 saturated carbocycles. The Labute approximate surface area is 204 Å². The highest BCUT2D eigenvalue weighted by Crippen LogP contribution is 2.24. The normalized spacial score (nSPS) is 17.4. The standard InChI is InChI=1S/C22H21FN4O4.C4H10/c23-16-8-6-14(7-9-16)20(29)22(31)25-12-19(28)27-13-15(10-18(27)11-24)21(30)26-17-4-2-1-3-5-17;1-3-4-2/h1-9,15,18,20,29H,10,12-13H2,(H,25,31)(H,26,30);3-4H2,1-2H3. The fraction of sp³-hybridized carbons (Fsp3) is 0.385. The van der Waals surface area contributed by atoms with E-state index in [9.17, 15) is 29.1 Å². The predicted octanol–water partition coefficient (Wildman–Crippen LogP) is 3.16. The van der Waals surface area contributed by atoms with Gasteiger partial charge in [-0.05, 0) is 36.2 Å². The maximum Gasteiger partial charge on any atom is 0.253 e. The summed E-state index contributed by atoms with van der Waals surface area (Å²) in [5, 5.41) is 24.5. The van der Waals surface area contributed by atoms with Crippen molar-refractivity contribution < 1.29 is 23.9 Å². The molecule has 1 aliphatic heterocycles. The van der Waals surface area contributed by atoms with Gasteiger partial charge in [0.15, 0.2) is 6.10 Å². The Morgan fingerprint density at radius 3 is 2.31 bits per heavy atom. The van der Waals surface area contributed by atoms with Crippen molar-refractivity contribution in [3.05, 3.63) is 66.0 Å². The Hall–Kier alpha value is -3.77. The maximum absolute atomic E-state index is 13.0. The minimum Gasteiger partial charge on any atom is -0.378 e. The quantitative estimate of drug-likeness (QED) is 0.560. The molecule has 9 heteroatoms. The summed E-state index contributed by atoms with van der Waals surface area (Å²) in [6.45, 7) is 3.97. The average Bonchev–Trinajstić information content (AvgIpc) is 3.33. The molecule has 0 spiro atoms. The second-order valence-corrected chi connectivity index (χ2v) is 8.15. The van der Waals surface area contributed by atoms with Gasteiger partial charge >= 0.3 is 0 Å². The number of hydrogen-bond donors (Lipinski definition) is 3. The molecular weight excluding hydrogens is 451 g/mol. The molecule has 0 aliphatic carbocycles. The van der Waals surface area contributed by atoms with Crippen LogP contribution in [-0.2, 0) is 14.4 Å². The van der Waals surface area contributed by atoms with Crippen molar-refractivity contribution in [1.29, 1.82) is 5.26 Å². The molecule has 8 nitrogen and oxygen atoms in total. The first-order valence-electron chi connectivity index (χ1n) is 11.6. The Kier molecular flexibility index (Phi) is 10.8. The van der Waals surface area contributed by atoms with Crippen molar-refractivity contribution in [3.63, 3.8) is 0 Å². The fourth-order valence-electron chi connectivity index (χ4n) is 3.35. The number of carbonyl (C=O) groups is 3. The van der Waals surface area contributed by atoms with Crippen molar-refractivity contribution >= 4 is 23.4 Å². The predicted molar refractivity (Wildman–Crippen MR) is 129 cm³/mol. The zero-order valence-corrected chi connectivity index (χ0v) is 19.9. The topological polar surface area (TPSA) is 123 Å². The summed E-state index contributed by atoms with van der Waals surface area (Å²) in [4.78, 5) is 38.4. The van der Waals surface area contributed by atoms with Crippen LogP contribution in [0.4, 0.5) is 10.1 Å². The molecule has 1 saturated heterocycles. The Morgan fingerprint density at radius 2 is 1.74 bits per heavy atom. The lowest BCUT2D eigenvalue weighted by Crippen LogP contribution is -2.43. The average molecular weight is 483 g/mol. The third kappa shape index (κ3) is 8.19. The van der Waals surface area contributed by atoms with E-state index in [1.807, 2.05) is 12.1 Å². The summed E-state index contributed by atoms with van der Waals surface area (Å²) in [6.07, 6.45) is 1.26. The number of likely N-dealkylation sites (tertiary alicyclic amines) is 1. The first kappa shape index (κ1) is 27.5. The summed E-state index contributed by atoms with van der Waals surface area (Å²) in [6, 6.07) is 14.8. The molecule has 3 atom stereocenters. The molecule has 1 aliphatic rings. The van der Waals surface area contributed by atoms with Crippen LogP contribution in [0.5, 0.6) is 0 Å². The molecule has 1 fully saturated rings. The van der Waals surface area contributed by atoms with Crippen LogP contribution in [0.25, 0.3) is 0 Å². The Morgan fingerprint density at radius 1 is 1.11 bits per heavy atom. The fourth-order valence-corrected chi connectivity index (χ4v) is 3.35. The van der Waals surface area contributed by atoms with Crippen molar-refractivity contribution in [2.75, 3.05) is 18.4 Å². The molecule has 186 valence electrons. The van der Waals surface area contributed by atoms with Gasteiger partial charge in [-0.1, -0.05) is 57.0 Å². The Bertz CT molecular complexity index is 1020. The van der Waals surface area contributed by atoms with Gasteiger partial charge in [-0.15, -0.1) is 0 Å². The number of anilines is 1. The largest absolute Gasteiger partial charge is 0.378 e. The minimum absolute atomic E-state index is 0.0477. The summed E-state index contributed by atoms with van der Waals surface area (Å²) in [7, 11) is 0. The number of aliphatic hydroxyl groups excluding tert-OH is 1. The number of unbranched alkanes of at least 4 members (excludes halogenated alkanes) is 1. The zero-order chi connectivity index (χ0) is 25.8. The lowest BCUT2D eigenvalue weighted by molar-refractivity contribution is -0.136. The number of nitriles is 1. The van der Waals surface area contributed by atoms with Crippen LogP contribution >= 0.6 is 0 Å². The van der Waals surface area contributed by atoms with E-state index >= 15 is 0 Å². The van der Waals surface area contributed by atoms with E-state index in [1.165, 1.54) is 29.9 Å². The van der Waals surface area contributed by atoms with Gasteiger partial charge < -0.3 is 20.6 Å². The third-order valence-electron chi connectivity index (χ3n) is 5.53. The second kappa shape index (κ2) is 13.8. The molecule has 3 N–H and O–H groups in total. The number of carbonyl (C=O) groups excluding carboxylic acids is 3. The van der Waals surface area contributed by atoms with Crippen molar-refractivity contribution in [2.45, 2.75) is 45.3 Å². The lowest BCUT2D eigenvalue weighted by Gasteiger charge is -2.20. The van der Waals surface area contributed by atoms with Gasteiger partial charge in [0.2, 0.25) is 11.8 Å². The van der Waals surface area contributed by atoms with E-state index in [0.717, 1.165) is 12.1 Å². The monoisotopic (exact) mass is 482 g/mol. The number of nitrogens with zero attached hydrogens (tertiary/aromatic N) is 2. The molecule has 1 heterocycles. The number of hydrogen-bond acceptors (Lipinski definition) is 5. The SMILES string of the molecule is CCCC.N#CC1CC(C(=O)Nc2ccccc2)CN1C(=O)CNC(=O)C(O)c1ccc(F)cc1. The molecule has 3 amide bonds. The summed E-state index contributed by atoms with van der Waals surface area (Å²) in [5.41, 5.74) is 0.799. The summed E-state index contributed by atoms with van der Waals surface area (Å²) < 4.78 is 13.0. The van der Waals surface area contributed by atoms with Crippen molar-refractivity contribution in [1.82, 2.24) is 10.2 Å². The number of nitrogens with one attached hydrogen (secondary N) is 2. The van der Waals surface area contributed by atoms with Crippen LogP contribution in [-0.4, -0.2) is 46.9 Å². The highest BCUT2D eigenvalue weighted by Gasteiger charge is 2.38. The highest BCUT2D eigenvalue weighted by atomic mass is 19.1. The smallest absolute Gasteiger partial charge is 0.253 e. The molecule has 3 unspecified atom stereocenters. The minimum atomic E-state index is -1.57. The molecule has 2 aromatic carbocycles. The second-order valence-electron chi connectivity index (χ2n) is 8.15. The molecule has 2 aromatic rings. The molecule has 0 aromatic heterocycles. The maximum atomic E-state index is 13.0. The molecule has 0 bridgehead atoms. The first-order chi connectivity index (χ1) is 16.8. The number of benzene rings is 2. The van der Waals surface area contributed by atoms with E-state index in [4.69, 9.17) is 0 Å². The molecular formula is C26H31FN4O4. The zero-order valence-electron chi connectivity index (χ0n) is 19.9. The number of amides is 3. The lowest BCUT2D eigenvalue weighted by atomic mass is 10.1. The van der Waals surface area contributed by atoms with Gasteiger partial charge in [-0.3, -0.25) is 14.4 Å². The van der Waals surface area contributed by atoms with Crippen LogP contribution in [0.3, 0.4) is 0 Å². The van der Waals surface area contributed by atoms with Gasteiger partial charge in [0.25, 0.3) is 5.91 Å². The van der Waals surface area contributed by atoms with Gasteiger partial charge in [-0.25, -0.2) is 4.39 Å². The van der Waals surface area contributed by atoms with Crippen LogP contribution in [0, 0.1) is 23.1 Å². The van der Waals surface area contributed by atoms with E-state index in [-0.39, 0.29) is 24.4 Å². The Balaban J connectivity index is 0.00000100.